The summed E-state index contributed by atoms with van der Waals surface area (Å²) in [7, 11) is 1.54. The Balaban J connectivity index is 1.96. The number of anilines is 2. The Morgan fingerprint density at radius 2 is 2.10 bits per heavy atom. The van der Waals surface area contributed by atoms with E-state index in [0.717, 1.165) is 0 Å². The zero-order chi connectivity index (χ0) is 15.2. The topological polar surface area (TPSA) is 64.3 Å². The summed E-state index contributed by atoms with van der Waals surface area (Å²) in [6.45, 7) is 0. The van der Waals surface area contributed by atoms with Gasteiger partial charge in [0.15, 0.2) is 0 Å². The number of benzene rings is 2. The number of para-hydroxylation sites is 2. The van der Waals surface area contributed by atoms with Crippen molar-refractivity contribution in [1.29, 1.82) is 0 Å². The van der Waals surface area contributed by atoms with Crippen LogP contribution in [0.3, 0.4) is 0 Å². The highest BCUT2D eigenvalue weighted by molar-refractivity contribution is 8.00. The first kappa shape index (κ1) is 15.2. The van der Waals surface area contributed by atoms with Gasteiger partial charge >= 0.3 is 0 Å². The summed E-state index contributed by atoms with van der Waals surface area (Å²) >= 11 is 1.22. The molecular weight excluding hydrogens is 291 g/mol. The van der Waals surface area contributed by atoms with Gasteiger partial charge in [-0.1, -0.05) is 12.1 Å². The number of nitrogens with one attached hydrogen (secondary N) is 1. The van der Waals surface area contributed by atoms with Crippen molar-refractivity contribution in [2.75, 3.05) is 23.9 Å². The quantitative estimate of drug-likeness (QED) is 0.658. The molecule has 0 aliphatic heterocycles. The third-order valence-electron chi connectivity index (χ3n) is 2.64. The predicted octanol–water partition coefficient (Wildman–Crippen LogP) is 3.15. The molecule has 0 aliphatic carbocycles. The van der Waals surface area contributed by atoms with Gasteiger partial charge in [-0.15, -0.1) is 11.8 Å². The molecule has 0 radical (unpaired) electrons. The molecule has 110 valence electrons. The van der Waals surface area contributed by atoms with Crippen LogP contribution in [-0.4, -0.2) is 18.8 Å². The van der Waals surface area contributed by atoms with Crippen molar-refractivity contribution >= 4 is 29.0 Å². The maximum absolute atomic E-state index is 13.2. The fraction of sp³-hybridized carbons (Fsp3) is 0.133. The number of ether oxygens (including phenoxy) is 1. The second-order valence-corrected chi connectivity index (χ2v) is 5.31. The van der Waals surface area contributed by atoms with E-state index in [9.17, 15) is 9.18 Å². The average Bonchev–Trinajstić information content (AvgIpc) is 2.45. The van der Waals surface area contributed by atoms with Gasteiger partial charge in [-0.25, -0.2) is 4.39 Å². The van der Waals surface area contributed by atoms with Gasteiger partial charge in [0, 0.05) is 10.6 Å². The average molecular weight is 306 g/mol. The van der Waals surface area contributed by atoms with Crippen molar-refractivity contribution in [3.63, 3.8) is 0 Å². The van der Waals surface area contributed by atoms with Crippen LogP contribution in [-0.2, 0) is 4.79 Å². The first-order valence-electron chi connectivity index (χ1n) is 6.20. The first-order chi connectivity index (χ1) is 10.1. The number of amides is 1. The Kier molecular flexibility index (Phi) is 5.05. The highest BCUT2D eigenvalue weighted by Crippen LogP contribution is 2.25. The molecule has 0 fully saturated rings. The van der Waals surface area contributed by atoms with E-state index in [-0.39, 0.29) is 11.7 Å². The van der Waals surface area contributed by atoms with E-state index >= 15 is 0 Å². The van der Waals surface area contributed by atoms with Crippen LogP contribution in [0.1, 0.15) is 0 Å². The fourth-order valence-corrected chi connectivity index (χ4v) is 2.54. The molecule has 6 heteroatoms. The molecule has 0 heterocycles. The normalized spacial score (nSPS) is 10.2. The summed E-state index contributed by atoms with van der Waals surface area (Å²) < 4.78 is 18.3. The smallest absolute Gasteiger partial charge is 0.234 e. The Morgan fingerprint density at radius 1 is 1.33 bits per heavy atom. The summed E-state index contributed by atoms with van der Waals surface area (Å²) in [6.07, 6.45) is 0. The molecule has 0 saturated carbocycles. The number of hydrogen-bond donors (Lipinski definition) is 2. The molecule has 0 aliphatic rings. The number of nitrogens with two attached hydrogens (primary N) is 1. The zero-order valence-electron chi connectivity index (χ0n) is 11.4. The van der Waals surface area contributed by atoms with Gasteiger partial charge < -0.3 is 15.8 Å². The Labute approximate surface area is 126 Å². The van der Waals surface area contributed by atoms with E-state index in [1.54, 1.807) is 24.3 Å². The highest BCUT2D eigenvalue weighted by atomic mass is 32.2. The summed E-state index contributed by atoms with van der Waals surface area (Å²) in [6, 6.07) is 11.3. The van der Waals surface area contributed by atoms with Crippen molar-refractivity contribution in [3.8, 4) is 5.75 Å². The van der Waals surface area contributed by atoms with E-state index < -0.39 is 5.82 Å². The van der Waals surface area contributed by atoms with Gasteiger partial charge in [0.25, 0.3) is 0 Å². The van der Waals surface area contributed by atoms with Crippen LogP contribution in [0.25, 0.3) is 0 Å². The number of rotatable bonds is 5. The van der Waals surface area contributed by atoms with Crippen molar-refractivity contribution in [2.24, 2.45) is 0 Å². The molecular formula is C15H15FN2O2S. The lowest BCUT2D eigenvalue weighted by Crippen LogP contribution is -2.14. The molecule has 21 heavy (non-hydrogen) atoms. The molecule has 2 aromatic rings. The largest absolute Gasteiger partial charge is 0.495 e. The minimum Gasteiger partial charge on any atom is -0.495 e. The number of halogens is 1. The van der Waals surface area contributed by atoms with Crippen molar-refractivity contribution < 1.29 is 13.9 Å². The van der Waals surface area contributed by atoms with Gasteiger partial charge in [-0.2, -0.15) is 0 Å². The highest BCUT2D eigenvalue weighted by Gasteiger charge is 2.08. The fourth-order valence-electron chi connectivity index (χ4n) is 1.75. The van der Waals surface area contributed by atoms with Crippen LogP contribution in [0.4, 0.5) is 15.8 Å². The van der Waals surface area contributed by atoms with E-state index in [0.29, 0.717) is 22.0 Å². The third-order valence-corrected chi connectivity index (χ3v) is 3.62. The summed E-state index contributed by atoms with van der Waals surface area (Å²) in [5.41, 5.74) is 6.49. The first-order valence-corrected chi connectivity index (χ1v) is 7.19. The molecule has 3 N–H and O–H groups in total. The van der Waals surface area contributed by atoms with Gasteiger partial charge in [0.05, 0.1) is 18.6 Å². The second-order valence-electron chi connectivity index (χ2n) is 4.26. The lowest BCUT2D eigenvalue weighted by Gasteiger charge is -2.09. The number of carbonyl (C=O) groups excluding carboxylic acids is 1. The SMILES string of the molecule is COc1ccccc1NC(=O)CSc1cc(N)cc(F)c1. The van der Waals surface area contributed by atoms with Crippen LogP contribution in [0, 0.1) is 5.82 Å². The monoisotopic (exact) mass is 306 g/mol. The molecule has 0 spiro atoms. The number of nitrogen functional groups attached to an aromatic ring is 1. The van der Waals surface area contributed by atoms with Gasteiger partial charge in [-0.3, -0.25) is 4.79 Å². The molecule has 0 atom stereocenters. The van der Waals surface area contributed by atoms with Gasteiger partial charge in [0.1, 0.15) is 11.6 Å². The molecule has 0 bridgehead atoms. The molecule has 0 saturated heterocycles. The second kappa shape index (κ2) is 6.99. The van der Waals surface area contributed by atoms with Crippen molar-refractivity contribution in [2.45, 2.75) is 4.90 Å². The number of thioether (sulfide) groups is 1. The molecule has 4 nitrogen and oxygen atoms in total. The predicted molar refractivity (Wildman–Crippen MR) is 83.2 cm³/mol. The van der Waals surface area contributed by atoms with Crippen LogP contribution < -0.4 is 15.8 Å². The maximum Gasteiger partial charge on any atom is 0.234 e. The molecule has 0 aromatic heterocycles. The lowest BCUT2D eigenvalue weighted by molar-refractivity contribution is -0.113. The van der Waals surface area contributed by atoms with Gasteiger partial charge in [0.2, 0.25) is 5.91 Å². The zero-order valence-corrected chi connectivity index (χ0v) is 12.2. The Hall–Kier alpha value is -2.21. The van der Waals surface area contributed by atoms with E-state index in [2.05, 4.69) is 5.32 Å². The number of hydrogen-bond acceptors (Lipinski definition) is 4. The van der Waals surface area contributed by atoms with Gasteiger partial charge in [-0.05, 0) is 30.3 Å². The van der Waals surface area contributed by atoms with E-state index in [1.807, 2.05) is 6.07 Å². The van der Waals surface area contributed by atoms with Crippen LogP contribution >= 0.6 is 11.8 Å². The number of methoxy groups -OCH3 is 1. The standard InChI is InChI=1S/C15H15FN2O2S/c1-20-14-5-3-2-4-13(14)18-15(19)9-21-12-7-10(16)6-11(17)8-12/h2-8H,9,17H2,1H3,(H,18,19). The summed E-state index contributed by atoms with van der Waals surface area (Å²) in [5.74, 6) is 0.127. The Morgan fingerprint density at radius 3 is 2.81 bits per heavy atom. The molecule has 0 unspecified atom stereocenters. The molecule has 2 aromatic carbocycles. The minimum absolute atomic E-state index is 0.154. The van der Waals surface area contributed by atoms with E-state index in [1.165, 1.54) is 31.0 Å². The van der Waals surface area contributed by atoms with Crippen LogP contribution in [0.2, 0.25) is 0 Å². The van der Waals surface area contributed by atoms with Crippen LogP contribution in [0.5, 0.6) is 5.75 Å². The lowest BCUT2D eigenvalue weighted by atomic mass is 10.3. The maximum atomic E-state index is 13.2. The summed E-state index contributed by atoms with van der Waals surface area (Å²) in [5, 5.41) is 2.75. The number of carbonyl (C=O) groups is 1. The van der Waals surface area contributed by atoms with Crippen molar-refractivity contribution in [1.82, 2.24) is 0 Å². The Bertz CT molecular complexity index is 629. The molecule has 2 rings (SSSR count). The minimum atomic E-state index is -0.414. The van der Waals surface area contributed by atoms with Crippen molar-refractivity contribution in [3.05, 3.63) is 48.3 Å². The van der Waals surface area contributed by atoms with E-state index in [4.69, 9.17) is 10.5 Å². The van der Waals surface area contributed by atoms with Crippen LogP contribution in [0.15, 0.2) is 47.4 Å². The summed E-state index contributed by atoms with van der Waals surface area (Å²) in [4.78, 5) is 12.5. The third kappa shape index (κ3) is 4.39. The molecule has 1 amide bonds.